The number of aromatic hydroxyl groups is 2. The maximum absolute atomic E-state index is 13.4. The Labute approximate surface area is 231 Å². The quantitative estimate of drug-likeness (QED) is 0.162. The van der Waals surface area contributed by atoms with Crippen LogP contribution in [0.2, 0.25) is 0 Å². The van der Waals surface area contributed by atoms with Gasteiger partial charge in [-0.05, 0) is 41.0 Å². The van der Waals surface area contributed by atoms with Gasteiger partial charge in [0.1, 0.15) is 29.6 Å². The summed E-state index contributed by atoms with van der Waals surface area (Å²) in [5.74, 6) is -3.22. The number of hydrogen-bond donors (Lipinski definition) is 7. The van der Waals surface area contributed by atoms with Gasteiger partial charge in [-0.1, -0.05) is 54.6 Å². The highest BCUT2D eigenvalue weighted by Crippen LogP contribution is 2.14. The summed E-state index contributed by atoms with van der Waals surface area (Å²) >= 11 is 0. The van der Waals surface area contributed by atoms with Crippen molar-refractivity contribution in [2.75, 3.05) is 6.54 Å². The molecule has 8 N–H and O–H groups in total. The van der Waals surface area contributed by atoms with Crippen molar-refractivity contribution in [3.8, 4) is 11.5 Å². The molecular weight excluding hydrogens is 516 g/mol. The first-order chi connectivity index (χ1) is 19.1. The third-order valence-corrected chi connectivity index (χ3v) is 6.12. The van der Waals surface area contributed by atoms with Gasteiger partial charge >= 0.3 is 5.97 Å². The molecule has 0 bridgehead atoms. The van der Waals surface area contributed by atoms with Crippen LogP contribution in [-0.4, -0.2) is 63.7 Å². The predicted molar refractivity (Wildman–Crippen MR) is 146 cm³/mol. The monoisotopic (exact) mass is 548 g/mol. The lowest BCUT2D eigenvalue weighted by Crippen LogP contribution is -2.57. The van der Waals surface area contributed by atoms with Crippen molar-refractivity contribution in [3.63, 3.8) is 0 Å². The maximum Gasteiger partial charge on any atom is 0.326 e. The van der Waals surface area contributed by atoms with E-state index in [9.17, 15) is 34.5 Å². The molecule has 0 aliphatic rings. The number of hydrogen-bond acceptors (Lipinski definition) is 7. The highest BCUT2D eigenvalue weighted by atomic mass is 16.4. The summed E-state index contributed by atoms with van der Waals surface area (Å²) in [6.07, 6.45) is 0.0429. The smallest absolute Gasteiger partial charge is 0.326 e. The molecule has 40 heavy (non-hydrogen) atoms. The fourth-order valence-corrected chi connectivity index (χ4v) is 4.00. The number of carboxylic acid groups (broad SMARTS) is 1. The van der Waals surface area contributed by atoms with Crippen molar-refractivity contribution in [1.82, 2.24) is 16.0 Å². The zero-order valence-corrected chi connectivity index (χ0v) is 21.6. The molecule has 0 saturated heterocycles. The molecule has 11 nitrogen and oxygen atoms in total. The number of phenols is 2. The SMILES string of the molecule is NCC(=O)NC(Cc1ccc(O)cc1)C(=O)NC(Cc1ccc(O)cc1)C(=O)NC(Cc1ccccc1)C(=O)O. The zero-order chi connectivity index (χ0) is 29.1. The Morgan fingerprint density at radius 2 is 1.00 bits per heavy atom. The number of aliphatic carboxylic acids is 1. The number of phenolic OH excluding ortho intramolecular Hbond substituents is 2. The molecule has 0 radical (unpaired) electrons. The van der Waals surface area contributed by atoms with Gasteiger partial charge in [-0.2, -0.15) is 0 Å². The van der Waals surface area contributed by atoms with Crippen LogP contribution in [0.5, 0.6) is 11.5 Å². The van der Waals surface area contributed by atoms with Gasteiger partial charge in [0.25, 0.3) is 0 Å². The van der Waals surface area contributed by atoms with Gasteiger partial charge in [0.2, 0.25) is 17.7 Å². The van der Waals surface area contributed by atoms with Crippen LogP contribution in [0.1, 0.15) is 16.7 Å². The number of amides is 3. The Kier molecular flexibility index (Phi) is 10.6. The molecule has 0 spiro atoms. The third kappa shape index (κ3) is 9.14. The molecule has 11 heteroatoms. The lowest BCUT2D eigenvalue weighted by Gasteiger charge is -2.25. The summed E-state index contributed by atoms with van der Waals surface area (Å²) in [6.45, 7) is -0.365. The molecule has 3 aromatic carbocycles. The minimum atomic E-state index is -1.26. The van der Waals surface area contributed by atoms with Crippen molar-refractivity contribution >= 4 is 23.7 Å². The van der Waals surface area contributed by atoms with E-state index in [1.165, 1.54) is 24.3 Å². The molecule has 0 saturated carbocycles. The summed E-state index contributed by atoms with van der Waals surface area (Å²) in [5, 5.41) is 36.6. The molecule has 3 unspecified atom stereocenters. The Balaban J connectivity index is 1.83. The number of carbonyl (C=O) groups is 4. The van der Waals surface area contributed by atoms with E-state index in [2.05, 4.69) is 16.0 Å². The number of benzene rings is 3. The van der Waals surface area contributed by atoms with Crippen LogP contribution in [0.25, 0.3) is 0 Å². The van der Waals surface area contributed by atoms with Gasteiger partial charge in [0.05, 0.1) is 6.54 Å². The van der Waals surface area contributed by atoms with Crippen LogP contribution < -0.4 is 21.7 Å². The van der Waals surface area contributed by atoms with Crippen LogP contribution >= 0.6 is 0 Å². The van der Waals surface area contributed by atoms with E-state index in [1.807, 2.05) is 0 Å². The second kappa shape index (κ2) is 14.3. The second-order valence-corrected chi connectivity index (χ2v) is 9.22. The topological polar surface area (TPSA) is 191 Å². The number of nitrogens with two attached hydrogens (primary N) is 1. The molecular formula is C29H32N4O7. The summed E-state index contributed by atoms with van der Waals surface area (Å²) in [4.78, 5) is 50.8. The Morgan fingerprint density at radius 1 is 0.600 bits per heavy atom. The Morgan fingerprint density at radius 3 is 1.45 bits per heavy atom. The third-order valence-electron chi connectivity index (χ3n) is 6.12. The molecule has 0 aliphatic carbocycles. The number of carboxylic acids is 1. The second-order valence-electron chi connectivity index (χ2n) is 9.22. The highest BCUT2D eigenvalue weighted by molar-refractivity contribution is 5.94. The number of carbonyl (C=O) groups excluding carboxylic acids is 3. The van der Waals surface area contributed by atoms with Crippen molar-refractivity contribution in [2.45, 2.75) is 37.4 Å². The van der Waals surface area contributed by atoms with Gasteiger partial charge in [-0.3, -0.25) is 14.4 Å². The summed E-state index contributed by atoms with van der Waals surface area (Å²) in [6, 6.07) is 17.3. The summed E-state index contributed by atoms with van der Waals surface area (Å²) < 4.78 is 0. The number of nitrogens with one attached hydrogen (secondary N) is 3. The van der Waals surface area contributed by atoms with Gasteiger partial charge in [-0.15, -0.1) is 0 Å². The van der Waals surface area contributed by atoms with Crippen LogP contribution in [0.15, 0.2) is 78.9 Å². The van der Waals surface area contributed by atoms with Crippen LogP contribution in [-0.2, 0) is 38.4 Å². The molecule has 0 heterocycles. The minimum absolute atomic E-state index is 0.0149. The zero-order valence-electron chi connectivity index (χ0n) is 21.6. The number of rotatable bonds is 13. The molecule has 0 fully saturated rings. The molecule has 0 aliphatic heterocycles. The van der Waals surface area contributed by atoms with Crippen LogP contribution in [0.3, 0.4) is 0 Å². The average Bonchev–Trinajstić information content (AvgIpc) is 2.94. The van der Waals surface area contributed by atoms with Crippen molar-refractivity contribution in [3.05, 3.63) is 95.6 Å². The fraction of sp³-hybridized carbons (Fsp3) is 0.241. The van der Waals surface area contributed by atoms with Crippen LogP contribution in [0, 0.1) is 0 Å². The lowest BCUT2D eigenvalue weighted by molar-refractivity contribution is -0.142. The standard InChI is InChI=1S/C29H32N4O7/c30-17-26(36)31-23(14-19-6-10-21(34)11-7-19)27(37)32-24(15-20-8-12-22(35)13-9-20)28(38)33-25(29(39)40)16-18-4-2-1-3-5-18/h1-13,23-25,34-35H,14-17,30H2,(H,31,36)(H,32,37)(H,33,38)(H,39,40). The normalized spacial score (nSPS) is 12.9. The molecule has 210 valence electrons. The average molecular weight is 549 g/mol. The summed E-state index contributed by atoms with van der Waals surface area (Å²) in [7, 11) is 0. The first kappa shape index (κ1) is 29.7. The van der Waals surface area contributed by atoms with E-state index in [1.54, 1.807) is 54.6 Å². The van der Waals surface area contributed by atoms with E-state index in [0.29, 0.717) is 16.7 Å². The first-order valence-electron chi connectivity index (χ1n) is 12.6. The lowest BCUT2D eigenvalue weighted by atomic mass is 10.0. The van der Waals surface area contributed by atoms with E-state index < -0.39 is 41.8 Å². The van der Waals surface area contributed by atoms with E-state index in [4.69, 9.17) is 5.73 Å². The van der Waals surface area contributed by atoms with Gasteiger partial charge in [0, 0.05) is 19.3 Å². The van der Waals surface area contributed by atoms with E-state index in [0.717, 1.165) is 0 Å². The fourth-order valence-electron chi connectivity index (χ4n) is 4.00. The van der Waals surface area contributed by atoms with E-state index >= 15 is 0 Å². The minimum Gasteiger partial charge on any atom is -0.508 e. The van der Waals surface area contributed by atoms with Crippen molar-refractivity contribution < 1.29 is 34.5 Å². The van der Waals surface area contributed by atoms with Gasteiger partial charge in [-0.25, -0.2) is 4.79 Å². The predicted octanol–water partition coefficient (Wildman–Crippen LogP) is 0.623. The Hall–Kier alpha value is -4.90. The van der Waals surface area contributed by atoms with Gasteiger partial charge in [0.15, 0.2) is 0 Å². The molecule has 3 rings (SSSR count). The molecule has 3 amide bonds. The summed E-state index contributed by atoms with van der Waals surface area (Å²) in [5.41, 5.74) is 7.35. The molecule has 0 aromatic heterocycles. The highest BCUT2D eigenvalue weighted by Gasteiger charge is 2.30. The van der Waals surface area contributed by atoms with Crippen molar-refractivity contribution in [1.29, 1.82) is 0 Å². The van der Waals surface area contributed by atoms with Crippen LogP contribution in [0.4, 0.5) is 0 Å². The first-order valence-corrected chi connectivity index (χ1v) is 12.6. The molecule has 3 atom stereocenters. The van der Waals surface area contributed by atoms with E-state index in [-0.39, 0.29) is 37.3 Å². The largest absolute Gasteiger partial charge is 0.508 e. The van der Waals surface area contributed by atoms with Gasteiger partial charge < -0.3 is 37.0 Å². The maximum atomic E-state index is 13.4. The van der Waals surface area contributed by atoms with Crippen molar-refractivity contribution in [2.24, 2.45) is 5.73 Å². The Bertz CT molecular complexity index is 1300. The molecule has 3 aromatic rings.